The molecule has 0 radical (unpaired) electrons. The number of nitrogens with zero attached hydrogens (tertiary/aromatic N) is 6. The van der Waals surface area contributed by atoms with Crippen molar-refractivity contribution >= 4 is 35.0 Å². The molecule has 0 saturated heterocycles. The second kappa shape index (κ2) is 11.2. The number of para-hydroxylation sites is 1. The van der Waals surface area contributed by atoms with Crippen molar-refractivity contribution in [1.82, 2.24) is 24.7 Å². The van der Waals surface area contributed by atoms with Gasteiger partial charge in [0.15, 0.2) is 4.34 Å². The largest absolute Gasteiger partial charge is 0.480 e. The van der Waals surface area contributed by atoms with Gasteiger partial charge < -0.3 is 10.0 Å². The Bertz CT molecular complexity index is 1300. The number of rotatable bonds is 11. The van der Waals surface area contributed by atoms with E-state index in [2.05, 4.69) is 31.9 Å². The summed E-state index contributed by atoms with van der Waals surface area (Å²) in [4.78, 5) is 28.7. The molecule has 0 spiro atoms. The van der Waals surface area contributed by atoms with Crippen molar-refractivity contribution < 1.29 is 9.90 Å². The van der Waals surface area contributed by atoms with E-state index in [0.717, 1.165) is 44.6 Å². The molecule has 0 aliphatic heterocycles. The first-order valence-corrected chi connectivity index (χ1v) is 13.4. The molecule has 0 aliphatic carbocycles. The molecule has 1 aromatic carbocycles. The van der Waals surface area contributed by atoms with Gasteiger partial charge in [0.1, 0.15) is 4.75 Å². The van der Waals surface area contributed by atoms with Crippen LogP contribution in [0, 0.1) is 6.92 Å². The van der Waals surface area contributed by atoms with Gasteiger partial charge in [0.05, 0.1) is 17.6 Å². The average molecular weight is 523 g/mol. The van der Waals surface area contributed by atoms with E-state index in [1.54, 1.807) is 25.2 Å². The summed E-state index contributed by atoms with van der Waals surface area (Å²) in [5, 5.41) is 14.0. The summed E-state index contributed by atoms with van der Waals surface area (Å²) in [7, 11) is 0. The molecule has 0 unspecified atom stereocenters. The van der Waals surface area contributed by atoms with Gasteiger partial charge in [-0.1, -0.05) is 36.9 Å². The number of anilines is 1. The molecular formula is C26H30N6O2S2. The first kappa shape index (κ1) is 25.8. The zero-order chi connectivity index (χ0) is 25.7. The molecular weight excluding hydrogens is 492 g/mol. The molecule has 1 N–H and O–H groups in total. The highest BCUT2D eigenvalue weighted by Gasteiger charge is 2.30. The Morgan fingerprint density at radius 2 is 1.86 bits per heavy atom. The molecule has 4 rings (SSSR count). The van der Waals surface area contributed by atoms with Crippen LogP contribution in [0.25, 0.3) is 5.69 Å². The van der Waals surface area contributed by atoms with E-state index in [4.69, 9.17) is 0 Å². The minimum Gasteiger partial charge on any atom is -0.480 e. The van der Waals surface area contributed by atoms with Gasteiger partial charge in [-0.3, -0.25) is 4.79 Å². The van der Waals surface area contributed by atoms with Crippen LogP contribution in [0.5, 0.6) is 0 Å². The Morgan fingerprint density at radius 3 is 2.53 bits per heavy atom. The topological polar surface area (TPSA) is 97.0 Å². The number of hydrogen-bond donors (Lipinski definition) is 1. The molecule has 0 aliphatic rings. The maximum Gasteiger partial charge on any atom is 0.319 e. The Morgan fingerprint density at radius 1 is 1.14 bits per heavy atom. The second-order valence-corrected chi connectivity index (χ2v) is 11.9. The summed E-state index contributed by atoms with van der Waals surface area (Å²) in [6, 6.07) is 10.0. The van der Waals surface area contributed by atoms with Crippen LogP contribution in [0.2, 0.25) is 0 Å². The van der Waals surface area contributed by atoms with Crippen molar-refractivity contribution in [2.24, 2.45) is 0 Å². The molecule has 0 fully saturated rings. The van der Waals surface area contributed by atoms with E-state index in [0.29, 0.717) is 19.0 Å². The number of aryl methyl sites for hydroxylation is 2. The maximum absolute atomic E-state index is 11.5. The van der Waals surface area contributed by atoms with Crippen LogP contribution in [0.3, 0.4) is 0 Å². The average Bonchev–Trinajstić information content (AvgIpc) is 3.48. The third-order valence-corrected chi connectivity index (χ3v) is 8.22. The maximum atomic E-state index is 11.5. The second-order valence-electron chi connectivity index (χ2n) is 8.95. The summed E-state index contributed by atoms with van der Waals surface area (Å²) in [6.45, 7) is 8.77. The van der Waals surface area contributed by atoms with Gasteiger partial charge in [0, 0.05) is 48.5 Å². The number of thioether (sulfide) groups is 1. The summed E-state index contributed by atoms with van der Waals surface area (Å²) in [5.74, 6) is -0.180. The number of benzene rings is 1. The van der Waals surface area contributed by atoms with E-state index >= 15 is 0 Å². The van der Waals surface area contributed by atoms with E-state index in [9.17, 15) is 9.90 Å². The number of hydrogen-bond acceptors (Lipinski definition) is 8. The summed E-state index contributed by atoms with van der Waals surface area (Å²) in [5.41, 5.74) is 4.09. The lowest BCUT2D eigenvalue weighted by atomic mass is 10.2. The van der Waals surface area contributed by atoms with Gasteiger partial charge >= 0.3 is 5.97 Å². The lowest BCUT2D eigenvalue weighted by Crippen LogP contribution is -2.27. The highest BCUT2D eigenvalue weighted by atomic mass is 32.2. The highest BCUT2D eigenvalue weighted by Crippen LogP contribution is 2.36. The standard InChI is InChI=1S/C26H30N6O2S2/c1-5-19-13-27-24(28-14-19)31(16-20-15-29-32(17-20)21-9-7-6-8-10-21)12-11-22-18(2)30-25(35-22)36-26(3,4)23(33)34/h6-10,13-15,17H,5,11-12,16H2,1-4H3,(H,33,34). The molecule has 4 aromatic rings. The Balaban J connectivity index is 1.52. The molecule has 188 valence electrons. The van der Waals surface area contributed by atoms with Crippen LogP contribution in [-0.4, -0.2) is 47.1 Å². The molecule has 0 bridgehead atoms. The fraction of sp³-hybridized carbons (Fsp3) is 0.346. The number of thiazole rings is 1. The zero-order valence-corrected chi connectivity index (χ0v) is 22.5. The van der Waals surface area contributed by atoms with Crippen molar-refractivity contribution in [3.63, 3.8) is 0 Å². The van der Waals surface area contributed by atoms with Crippen LogP contribution in [0.1, 0.15) is 42.5 Å². The quantitative estimate of drug-likeness (QED) is 0.269. The van der Waals surface area contributed by atoms with E-state index in [1.807, 2.05) is 66.7 Å². The molecule has 3 aromatic heterocycles. The van der Waals surface area contributed by atoms with E-state index < -0.39 is 10.7 Å². The molecule has 0 amide bonds. The zero-order valence-electron chi connectivity index (χ0n) is 20.9. The predicted molar refractivity (Wildman–Crippen MR) is 144 cm³/mol. The Hall–Kier alpha value is -3.24. The van der Waals surface area contributed by atoms with Crippen LogP contribution in [0.4, 0.5) is 5.95 Å². The molecule has 10 heteroatoms. The highest BCUT2D eigenvalue weighted by molar-refractivity contribution is 8.03. The van der Waals surface area contributed by atoms with Crippen LogP contribution in [-0.2, 0) is 24.2 Å². The smallest absolute Gasteiger partial charge is 0.319 e. The Kier molecular flexibility index (Phi) is 8.05. The van der Waals surface area contributed by atoms with E-state index in [-0.39, 0.29) is 0 Å². The fourth-order valence-corrected chi connectivity index (χ4v) is 6.08. The normalized spacial score (nSPS) is 11.6. The van der Waals surface area contributed by atoms with Gasteiger partial charge in [-0.05, 0) is 44.9 Å². The van der Waals surface area contributed by atoms with Crippen LogP contribution >= 0.6 is 23.1 Å². The van der Waals surface area contributed by atoms with Crippen molar-refractivity contribution in [2.75, 3.05) is 11.4 Å². The minimum atomic E-state index is -0.929. The first-order chi connectivity index (χ1) is 17.2. The van der Waals surface area contributed by atoms with Gasteiger partial charge in [0.25, 0.3) is 0 Å². The van der Waals surface area contributed by atoms with Gasteiger partial charge in [-0.2, -0.15) is 5.10 Å². The predicted octanol–water partition coefficient (Wildman–Crippen LogP) is 5.19. The number of carbonyl (C=O) groups is 1. The molecule has 0 atom stereocenters. The fourth-order valence-electron chi connectivity index (χ4n) is 3.50. The minimum absolute atomic E-state index is 0.615. The number of carboxylic acids is 1. The lowest BCUT2D eigenvalue weighted by Gasteiger charge is -2.22. The molecule has 3 heterocycles. The Labute approximate surface area is 219 Å². The van der Waals surface area contributed by atoms with Gasteiger partial charge in [0.2, 0.25) is 5.95 Å². The van der Waals surface area contributed by atoms with Crippen molar-refractivity contribution in [3.8, 4) is 5.69 Å². The number of carboxylic acid groups (broad SMARTS) is 1. The first-order valence-electron chi connectivity index (χ1n) is 11.8. The van der Waals surface area contributed by atoms with Gasteiger partial charge in [-0.15, -0.1) is 11.3 Å². The monoisotopic (exact) mass is 522 g/mol. The van der Waals surface area contributed by atoms with Gasteiger partial charge in [-0.25, -0.2) is 19.6 Å². The molecule has 8 nitrogen and oxygen atoms in total. The van der Waals surface area contributed by atoms with Crippen LogP contribution < -0.4 is 4.90 Å². The lowest BCUT2D eigenvalue weighted by molar-refractivity contribution is -0.138. The SMILES string of the molecule is CCc1cnc(N(CCc2sc(SC(C)(C)C(=O)O)nc2C)Cc2cnn(-c3ccccc3)c2)nc1. The third kappa shape index (κ3) is 6.30. The van der Waals surface area contributed by atoms with E-state index in [1.165, 1.54) is 11.8 Å². The third-order valence-electron chi connectivity index (χ3n) is 5.75. The number of aromatic nitrogens is 5. The molecule has 0 saturated carbocycles. The van der Waals surface area contributed by atoms with Crippen molar-refractivity contribution in [3.05, 3.63) is 76.8 Å². The molecule has 36 heavy (non-hydrogen) atoms. The number of aliphatic carboxylic acids is 1. The summed E-state index contributed by atoms with van der Waals surface area (Å²) in [6.07, 6.45) is 9.30. The summed E-state index contributed by atoms with van der Waals surface area (Å²) >= 11 is 2.84. The van der Waals surface area contributed by atoms with Crippen molar-refractivity contribution in [1.29, 1.82) is 0 Å². The van der Waals surface area contributed by atoms with Crippen LogP contribution in [0.15, 0.2) is 59.5 Å². The summed E-state index contributed by atoms with van der Waals surface area (Å²) < 4.78 is 1.71. The van der Waals surface area contributed by atoms with Crippen molar-refractivity contribution in [2.45, 2.75) is 56.2 Å².